The number of rotatable bonds is 10. The molecule has 9 nitrogen and oxygen atoms in total. The maximum Gasteiger partial charge on any atom is 0.337 e. The van der Waals surface area contributed by atoms with Gasteiger partial charge in [0.15, 0.2) is 27.8 Å². The summed E-state index contributed by atoms with van der Waals surface area (Å²) < 4.78 is 30.6. The fourth-order valence-electron chi connectivity index (χ4n) is 4.27. The zero-order chi connectivity index (χ0) is 28.1. The van der Waals surface area contributed by atoms with Gasteiger partial charge in [-0.2, -0.15) is 0 Å². The van der Waals surface area contributed by atoms with E-state index in [2.05, 4.69) is 27.6 Å². The minimum atomic E-state index is -0.763. The zero-order valence-electron chi connectivity index (χ0n) is 22.3. The zero-order valence-corrected chi connectivity index (χ0v) is 25.3. The Balaban J connectivity index is 1.90. The average Bonchev–Trinajstić information content (AvgIpc) is 3.24. The Kier molecular flexibility index (Phi) is 9.33. The predicted octanol–water partition coefficient (Wildman–Crippen LogP) is 3.83. The van der Waals surface area contributed by atoms with Crippen LogP contribution in [-0.2, 0) is 9.53 Å². The number of carbonyl (C=O) groups excluding carboxylic acids is 1. The van der Waals surface area contributed by atoms with Gasteiger partial charge in [-0.3, -0.25) is 9.36 Å². The number of esters is 1. The van der Waals surface area contributed by atoms with Crippen molar-refractivity contribution in [2.24, 2.45) is 4.99 Å². The number of nitrogens with zero attached hydrogens (tertiary/aromatic N) is 2. The largest absolute Gasteiger partial charge is 0.492 e. The molecule has 0 fully saturated rings. The summed E-state index contributed by atoms with van der Waals surface area (Å²) in [4.78, 5) is 31.5. The van der Waals surface area contributed by atoms with Gasteiger partial charge in [-0.15, -0.1) is 0 Å². The first-order valence-electron chi connectivity index (χ1n) is 12.4. The Morgan fingerprint density at radius 2 is 1.72 bits per heavy atom. The van der Waals surface area contributed by atoms with Crippen LogP contribution in [0.15, 0.2) is 51.9 Å². The predicted molar refractivity (Wildman–Crippen MR) is 157 cm³/mol. The van der Waals surface area contributed by atoms with Crippen LogP contribution in [0.5, 0.6) is 23.0 Å². The maximum atomic E-state index is 13.8. The number of halogens is 1. The van der Waals surface area contributed by atoms with Crippen LogP contribution in [-0.4, -0.2) is 44.6 Å². The van der Waals surface area contributed by atoms with E-state index in [9.17, 15) is 9.59 Å². The lowest BCUT2D eigenvalue weighted by Gasteiger charge is -2.23. The lowest BCUT2D eigenvalue weighted by atomic mass is 9.97. The number of methoxy groups -OCH3 is 2. The molecule has 1 aromatic heterocycles. The standard InChI is InChI=1S/C28H29IN2O7S/c1-6-36-20-10-9-17(14-21(20)37-7-2)24-18(27(33)35-5)15-30-28-31(24)26(32)23(39-28)13-16-11-19(29)25(34-4)22(12-16)38-8-3/h9-15,24H,6-8H2,1-5H3/b23-13+/t24-/m1/s1. The van der Waals surface area contributed by atoms with Gasteiger partial charge in [0.25, 0.3) is 5.56 Å². The second kappa shape index (κ2) is 12.7. The number of fused-ring (bicyclic) bond motifs is 1. The van der Waals surface area contributed by atoms with E-state index in [1.807, 2.05) is 39.0 Å². The van der Waals surface area contributed by atoms with Crippen LogP contribution >= 0.6 is 33.9 Å². The monoisotopic (exact) mass is 664 g/mol. The number of benzene rings is 2. The SMILES string of the molecule is CCOc1ccc([C@@H]2C(C(=O)OC)=CN=c3s/c(=C/c4cc(I)c(OC)c(OCC)c4)c(=O)n32)cc1OCC. The lowest BCUT2D eigenvalue weighted by molar-refractivity contribution is -0.136. The molecule has 0 N–H and O–H groups in total. The molecule has 0 saturated heterocycles. The van der Waals surface area contributed by atoms with Crippen LogP contribution in [0, 0.1) is 3.57 Å². The second-order valence-corrected chi connectivity index (χ2v) is 10.4. The second-order valence-electron chi connectivity index (χ2n) is 8.22. The van der Waals surface area contributed by atoms with Crippen molar-refractivity contribution in [3.63, 3.8) is 0 Å². The third-order valence-corrected chi connectivity index (χ3v) is 7.64. The molecule has 0 aliphatic carbocycles. The van der Waals surface area contributed by atoms with E-state index in [-0.39, 0.29) is 11.1 Å². The van der Waals surface area contributed by atoms with E-state index in [0.29, 0.717) is 57.7 Å². The van der Waals surface area contributed by atoms with Gasteiger partial charge in [0.1, 0.15) is 0 Å². The molecule has 0 bridgehead atoms. The summed E-state index contributed by atoms with van der Waals surface area (Å²) in [7, 11) is 2.89. The van der Waals surface area contributed by atoms with Crippen molar-refractivity contribution in [3.8, 4) is 23.0 Å². The number of hydrogen-bond donors (Lipinski definition) is 0. The summed E-state index contributed by atoms with van der Waals surface area (Å²) >= 11 is 3.42. The highest BCUT2D eigenvalue weighted by Gasteiger charge is 2.31. The summed E-state index contributed by atoms with van der Waals surface area (Å²) in [6.07, 6.45) is 3.25. The van der Waals surface area contributed by atoms with Crippen LogP contribution in [0.4, 0.5) is 0 Å². The Hall–Kier alpha value is -3.32. The maximum absolute atomic E-state index is 13.8. The fraction of sp³-hybridized carbons (Fsp3) is 0.321. The number of carbonyl (C=O) groups is 1. The lowest BCUT2D eigenvalue weighted by Crippen LogP contribution is -2.39. The van der Waals surface area contributed by atoms with Crippen LogP contribution in [0.1, 0.15) is 37.9 Å². The number of aromatic nitrogens is 1. The normalized spacial score (nSPS) is 14.7. The topological polar surface area (TPSA) is 97.6 Å². The molecule has 3 aromatic rings. The van der Waals surface area contributed by atoms with Crippen LogP contribution in [0.25, 0.3) is 6.08 Å². The quantitative estimate of drug-likeness (QED) is 0.240. The van der Waals surface area contributed by atoms with Crippen molar-refractivity contribution < 1.29 is 28.5 Å². The van der Waals surface area contributed by atoms with Gasteiger partial charge in [0.2, 0.25) is 0 Å². The van der Waals surface area contributed by atoms with Gasteiger partial charge in [-0.1, -0.05) is 17.4 Å². The van der Waals surface area contributed by atoms with Crippen molar-refractivity contribution in [1.82, 2.24) is 4.57 Å². The van der Waals surface area contributed by atoms with E-state index in [0.717, 1.165) is 9.13 Å². The molecule has 0 radical (unpaired) electrons. The molecule has 4 rings (SSSR count). The minimum Gasteiger partial charge on any atom is -0.492 e. The van der Waals surface area contributed by atoms with Crippen molar-refractivity contribution in [2.45, 2.75) is 26.8 Å². The van der Waals surface area contributed by atoms with Gasteiger partial charge < -0.3 is 23.7 Å². The van der Waals surface area contributed by atoms with E-state index in [1.165, 1.54) is 29.2 Å². The van der Waals surface area contributed by atoms with Crippen molar-refractivity contribution in [1.29, 1.82) is 0 Å². The smallest absolute Gasteiger partial charge is 0.337 e. The molecule has 1 atom stereocenters. The van der Waals surface area contributed by atoms with Crippen LogP contribution < -0.4 is 33.8 Å². The van der Waals surface area contributed by atoms with Crippen LogP contribution in [0.3, 0.4) is 0 Å². The first kappa shape index (κ1) is 28.7. The van der Waals surface area contributed by atoms with Crippen molar-refractivity contribution >= 4 is 46.0 Å². The third-order valence-electron chi connectivity index (χ3n) is 5.84. The van der Waals surface area contributed by atoms with Crippen molar-refractivity contribution in [2.75, 3.05) is 34.0 Å². The highest BCUT2D eigenvalue weighted by atomic mass is 127. The number of ether oxygens (including phenoxy) is 5. The minimum absolute atomic E-state index is 0.237. The van der Waals surface area contributed by atoms with Gasteiger partial charge in [-0.05, 0) is 84.8 Å². The molecule has 39 heavy (non-hydrogen) atoms. The molecule has 11 heteroatoms. The Morgan fingerprint density at radius 3 is 2.38 bits per heavy atom. The van der Waals surface area contributed by atoms with E-state index < -0.39 is 12.0 Å². The van der Waals surface area contributed by atoms with Gasteiger partial charge >= 0.3 is 5.97 Å². The molecule has 2 aromatic carbocycles. The Morgan fingerprint density at radius 1 is 1.03 bits per heavy atom. The van der Waals surface area contributed by atoms with Crippen LogP contribution in [0.2, 0.25) is 0 Å². The average molecular weight is 665 g/mol. The van der Waals surface area contributed by atoms with E-state index >= 15 is 0 Å². The third kappa shape index (κ3) is 5.83. The number of thiazole rings is 1. The molecular weight excluding hydrogens is 635 g/mol. The molecule has 0 amide bonds. The summed E-state index contributed by atoms with van der Waals surface area (Å²) in [5.41, 5.74) is 1.39. The molecule has 0 spiro atoms. The van der Waals surface area contributed by atoms with Gasteiger partial charge in [0, 0.05) is 6.20 Å². The molecule has 1 aliphatic heterocycles. The summed E-state index contributed by atoms with van der Waals surface area (Å²) in [5.74, 6) is 1.76. The summed E-state index contributed by atoms with van der Waals surface area (Å²) in [5, 5.41) is 0. The molecule has 0 saturated carbocycles. The highest BCUT2D eigenvalue weighted by molar-refractivity contribution is 14.1. The van der Waals surface area contributed by atoms with Gasteiger partial charge in [0.05, 0.1) is 53.8 Å². The molecule has 0 unspecified atom stereocenters. The fourth-order valence-corrected chi connectivity index (χ4v) is 6.09. The molecule has 206 valence electrons. The first-order chi connectivity index (χ1) is 18.9. The molecule has 1 aliphatic rings. The van der Waals surface area contributed by atoms with E-state index in [1.54, 1.807) is 25.3 Å². The summed E-state index contributed by atoms with van der Waals surface area (Å²) in [6, 6.07) is 8.37. The number of hydrogen-bond acceptors (Lipinski definition) is 9. The Labute approximate surface area is 243 Å². The first-order valence-corrected chi connectivity index (χ1v) is 14.2. The summed E-state index contributed by atoms with van der Waals surface area (Å²) in [6.45, 7) is 7.03. The molecule has 2 heterocycles. The van der Waals surface area contributed by atoms with Crippen molar-refractivity contribution in [3.05, 3.63) is 76.5 Å². The molecular formula is C28H29IN2O7S. The highest BCUT2D eigenvalue weighted by Crippen LogP contribution is 2.36. The Bertz CT molecular complexity index is 1590. The van der Waals surface area contributed by atoms with Gasteiger partial charge in [-0.25, -0.2) is 9.79 Å². The van der Waals surface area contributed by atoms with E-state index in [4.69, 9.17) is 23.7 Å².